The van der Waals surface area contributed by atoms with Crippen LogP contribution >= 0.6 is 22.6 Å². The van der Waals surface area contributed by atoms with Crippen LogP contribution in [0.5, 0.6) is 0 Å². The molecule has 0 nitrogen and oxygen atoms in total. The van der Waals surface area contributed by atoms with E-state index in [2.05, 4.69) is 210 Å². The molecule has 0 saturated carbocycles. The van der Waals surface area contributed by atoms with E-state index in [1.807, 2.05) is 0 Å². The van der Waals surface area contributed by atoms with Gasteiger partial charge in [0.15, 0.2) is 0 Å². The van der Waals surface area contributed by atoms with Gasteiger partial charge in [-0.05, 0) is 10.8 Å². The number of halogens is 1. The van der Waals surface area contributed by atoms with E-state index in [-0.39, 0.29) is 0 Å². The van der Waals surface area contributed by atoms with Crippen molar-refractivity contribution in [1.29, 1.82) is 0 Å². The molecule has 0 heterocycles. The molecule has 0 N–H and O–H groups in total. The number of alkyl halides is 1. The molecule has 0 bridgehead atoms. The Morgan fingerprint density at radius 1 is 0.0821 bits per heavy atom. The van der Waals surface area contributed by atoms with E-state index >= 15 is 0 Å². The summed E-state index contributed by atoms with van der Waals surface area (Å²) in [4.78, 5) is 0. The van der Waals surface area contributed by atoms with Gasteiger partial charge in [-0.2, -0.15) is 0 Å². The first kappa shape index (κ1) is 138. The average molecular weight is 2200 g/mol. The van der Waals surface area contributed by atoms with E-state index in [9.17, 15) is 0 Å². The quantitative estimate of drug-likeness (QED) is 0.0323. The lowest BCUT2D eigenvalue weighted by atomic mass is 10.5. The van der Waals surface area contributed by atoms with Crippen molar-refractivity contribution < 1.29 is 0 Å². The van der Waals surface area contributed by atoms with Crippen LogP contribution in [-0.4, -0.2) is 109 Å². The van der Waals surface area contributed by atoms with Crippen molar-refractivity contribution in [2.45, 2.75) is 758 Å². The van der Waals surface area contributed by atoms with E-state index in [1.54, 1.807) is 398 Å². The van der Waals surface area contributed by atoms with Gasteiger partial charge in [0.2, 0.25) is 0 Å². The SMILES string of the molecule is CCC[Si](CCC)(CCC)CCC[Si](CCC[Si](CCC)(CCC)CCC)(CCC[Si](CCC)(CCC)CCC)CCC[Si](CCCI)(CCC[Si](CCC[Si](CCC)(CCC)CCC)(CCC[Si](CCC)(CCC)CCC)CCC[Si](CCC)(CCC)CCC)CCC[Si](CCC[Si](CCC)(CCC)CCC)(CCC[Si](CCC)(CCC)CCC)CCC[Si](CCC)(CCC)CCC. The molecule has 0 amide bonds. The van der Waals surface area contributed by atoms with E-state index in [0.717, 1.165) is 0 Å². The molecule has 14 heteroatoms. The zero-order chi connectivity index (χ0) is 100. The Labute approximate surface area is 881 Å². The van der Waals surface area contributed by atoms with Gasteiger partial charge in [-0.1, -0.05) is 774 Å². The molecular formula is C120H267ISi13. The highest BCUT2D eigenvalue weighted by Gasteiger charge is 2.46. The van der Waals surface area contributed by atoms with E-state index in [1.165, 1.54) is 178 Å². The second-order valence-electron chi connectivity index (χ2n) is 50.8. The highest BCUT2D eigenvalue weighted by molar-refractivity contribution is 14.1. The fourth-order valence-corrected chi connectivity index (χ4v) is 111. The third-order valence-corrected chi connectivity index (χ3v) is 117. The van der Waals surface area contributed by atoms with Crippen molar-refractivity contribution in [1.82, 2.24) is 0 Å². The first-order valence-corrected chi connectivity index (χ1v) is 103. The van der Waals surface area contributed by atoms with Crippen molar-refractivity contribution >= 4 is 128 Å². The van der Waals surface area contributed by atoms with Gasteiger partial charge in [0.25, 0.3) is 0 Å². The lowest BCUT2D eigenvalue weighted by Crippen LogP contribution is -2.42. The Kier molecular flexibility index (Phi) is 84.5. The predicted octanol–water partition coefficient (Wildman–Crippen LogP) is 49.4. The summed E-state index contributed by atoms with van der Waals surface area (Å²) in [5, 5.41) is 0. The average Bonchev–Trinajstić information content (AvgIpc) is 0.817. The van der Waals surface area contributed by atoms with Crippen LogP contribution in [0.3, 0.4) is 0 Å². The summed E-state index contributed by atoms with van der Waals surface area (Å²) in [5.41, 5.74) is 0. The molecule has 0 aromatic heterocycles. The molecule has 0 aromatic carbocycles. The third kappa shape index (κ3) is 54.3. The second-order valence-corrected chi connectivity index (χ2v) is 117. The summed E-state index contributed by atoms with van der Waals surface area (Å²) < 4.78 is 1.42. The molecule has 806 valence electrons. The highest BCUT2D eigenvalue weighted by Crippen LogP contribution is 2.50. The molecule has 0 saturated heterocycles. The van der Waals surface area contributed by atoms with Crippen LogP contribution in [0.25, 0.3) is 0 Å². The second kappa shape index (κ2) is 82.3. The zero-order valence-corrected chi connectivity index (χ0v) is 115. The van der Waals surface area contributed by atoms with Crippen LogP contribution < -0.4 is 0 Å². The summed E-state index contributed by atoms with van der Waals surface area (Å²) in [6.45, 7) is 70.7. The fourth-order valence-electron chi connectivity index (χ4n) is 34.6. The predicted molar refractivity (Wildman–Crippen MR) is 682 cm³/mol. The standard InChI is InChI=1S/C120H267ISi13/c1-28-69-122(70-29-2,71-30-3)97-56-109-132(110-57-98-123(72-31-4,73-32-5)74-33-6,111-58-99-124(75-34-7,76-35-8)77-36-9)118-65-106-131(96-55-68-121,107-66-119-133(112-59-100-125(78-37-10,79-38-11)80-39-12,113-60-101-126(81-40-13,82-41-14)83-42-15)114-61-102-127(84-43-16,85-44-17)86-45-18)108-67-120-134(115-62-103-128(87-46-19,88-47-20)89-48-21,116-63-104-129(90-49-22,91-50-23)92-51-24)117-64-105-130(93-52-25,94-53-26)95-54-27/h28-120H2,1-27H3. The number of hydrogen-bond donors (Lipinski definition) is 0. The van der Waals surface area contributed by atoms with Crippen LogP contribution in [0.4, 0.5) is 0 Å². The molecule has 0 rings (SSSR count). The summed E-state index contributed by atoms with van der Waals surface area (Å²) >= 11 is 3.00. The van der Waals surface area contributed by atoms with Gasteiger partial charge in [0, 0.05) is 0 Å². The van der Waals surface area contributed by atoms with Crippen LogP contribution in [0.2, 0.25) is 314 Å². The summed E-state index contributed by atoms with van der Waals surface area (Å²) in [6.07, 6.45) is 60.9. The van der Waals surface area contributed by atoms with Gasteiger partial charge in [0.1, 0.15) is 0 Å². The lowest BCUT2D eigenvalue weighted by molar-refractivity contribution is 0.804. The molecule has 0 unspecified atom stereocenters. The molecule has 0 atom stereocenters. The summed E-state index contributed by atoms with van der Waals surface area (Å²) in [5.74, 6) is 0. The van der Waals surface area contributed by atoms with E-state index < -0.39 is 105 Å². The maximum atomic E-state index is 3.00. The highest BCUT2D eigenvalue weighted by atomic mass is 127. The Hall–Kier alpha value is 3.55. The Bertz CT molecular complexity index is 1930. The van der Waals surface area contributed by atoms with Gasteiger partial charge in [-0.15, -0.1) is 0 Å². The number of rotatable bonds is 105. The van der Waals surface area contributed by atoms with Crippen LogP contribution in [0, 0.1) is 0 Å². The normalized spacial score (nSPS) is 13.6. The molecule has 0 aliphatic rings. The Balaban J connectivity index is 10.6. The lowest BCUT2D eigenvalue weighted by Gasteiger charge is -2.41. The first-order valence-electron chi connectivity index (χ1n) is 64.2. The van der Waals surface area contributed by atoms with Gasteiger partial charge in [-0.25, -0.2) is 0 Å². The minimum atomic E-state index is -1.83. The maximum Gasteiger partial charge on any atom is 0.0535 e. The third-order valence-electron chi connectivity index (χ3n) is 38.9. The van der Waals surface area contributed by atoms with Crippen molar-refractivity contribution in [3.8, 4) is 0 Å². The van der Waals surface area contributed by atoms with Gasteiger partial charge < -0.3 is 0 Å². The minimum Gasteiger partial charge on any atom is -0.0864 e. The van der Waals surface area contributed by atoms with Crippen LogP contribution in [-0.2, 0) is 0 Å². The van der Waals surface area contributed by atoms with Gasteiger partial charge in [0.05, 0.1) is 105 Å². The van der Waals surface area contributed by atoms with Crippen molar-refractivity contribution in [3.63, 3.8) is 0 Å². The minimum absolute atomic E-state index is 1.34. The summed E-state index contributed by atoms with van der Waals surface area (Å²) in [6, 6.07) is 87.6. The topological polar surface area (TPSA) is 0 Å². The smallest absolute Gasteiger partial charge is 0.0535 e. The van der Waals surface area contributed by atoms with E-state index in [4.69, 9.17) is 0 Å². The molecule has 0 aliphatic heterocycles. The molecule has 134 heavy (non-hydrogen) atoms. The molecule has 0 fully saturated rings. The van der Waals surface area contributed by atoms with E-state index in [0.29, 0.717) is 0 Å². The Morgan fingerprint density at radius 3 is 0.187 bits per heavy atom. The molecule has 0 aromatic rings. The number of hydrogen-bond acceptors (Lipinski definition) is 0. The van der Waals surface area contributed by atoms with Crippen molar-refractivity contribution in [2.24, 2.45) is 0 Å². The van der Waals surface area contributed by atoms with Crippen molar-refractivity contribution in [2.75, 3.05) is 4.43 Å². The van der Waals surface area contributed by atoms with Crippen LogP contribution in [0.15, 0.2) is 0 Å². The van der Waals surface area contributed by atoms with Gasteiger partial charge in [-0.3, -0.25) is 0 Å². The fraction of sp³-hybridized carbons (Fsp3) is 1.00. The molecule has 0 radical (unpaired) electrons. The monoisotopic (exact) mass is 2200 g/mol. The molecule has 0 spiro atoms. The van der Waals surface area contributed by atoms with Crippen LogP contribution in [0.1, 0.15) is 444 Å². The Morgan fingerprint density at radius 2 is 0.134 bits per heavy atom. The maximum absolute atomic E-state index is 3.00. The van der Waals surface area contributed by atoms with Gasteiger partial charge >= 0.3 is 0 Å². The zero-order valence-electron chi connectivity index (χ0n) is 99.6. The largest absolute Gasteiger partial charge is 0.0864 e. The molecular weight excluding hydrogens is 1930 g/mol. The first-order chi connectivity index (χ1) is 64.7. The summed E-state index contributed by atoms with van der Waals surface area (Å²) in [7, 11) is -19.1. The van der Waals surface area contributed by atoms with Crippen molar-refractivity contribution in [3.05, 3.63) is 0 Å². The molecule has 0 aliphatic carbocycles.